The monoisotopic (exact) mass is 375 g/mol. The first-order valence-electron chi connectivity index (χ1n) is 9.75. The first-order valence-corrected chi connectivity index (χ1v) is 9.75. The van der Waals surface area contributed by atoms with Crippen LogP contribution in [0.25, 0.3) is 16.8 Å². The van der Waals surface area contributed by atoms with Gasteiger partial charge in [-0.1, -0.05) is 12.1 Å². The molecule has 2 fully saturated rings. The van der Waals surface area contributed by atoms with E-state index < -0.39 is 0 Å². The number of hydrogen-bond acceptors (Lipinski definition) is 4. The Hall–Kier alpha value is -3.22. The van der Waals surface area contributed by atoms with Crippen molar-refractivity contribution in [3.8, 4) is 11.1 Å². The molecule has 1 aliphatic carbocycles. The van der Waals surface area contributed by atoms with Gasteiger partial charge in [0.2, 0.25) is 11.9 Å². The van der Waals surface area contributed by atoms with Crippen LogP contribution in [0.3, 0.4) is 0 Å². The number of aromatic nitrogens is 3. The number of fused-ring (bicyclic) bond motifs is 1. The van der Waals surface area contributed by atoms with Gasteiger partial charge in [-0.3, -0.25) is 14.9 Å². The highest BCUT2D eigenvalue weighted by atomic mass is 16.2. The summed E-state index contributed by atoms with van der Waals surface area (Å²) in [6, 6.07) is 11.5. The number of carbonyl (C=O) groups excluding carboxylic acids is 2. The molecule has 5 rings (SSSR count). The van der Waals surface area contributed by atoms with Crippen molar-refractivity contribution in [2.45, 2.75) is 25.7 Å². The lowest BCUT2D eigenvalue weighted by atomic mass is 10.0. The van der Waals surface area contributed by atoms with Gasteiger partial charge >= 0.3 is 0 Å². The number of benzene rings is 1. The average molecular weight is 375 g/mol. The molecule has 0 radical (unpaired) electrons. The van der Waals surface area contributed by atoms with Gasteiger partial charge in [0.25, 0.3) is 5.91 Å². The van der Waals surface area contributed by atoms with Crippen molar-refractivity contribution in [1.82, 2.24) is 19.5 Å². The van der Waals surface area contributed by atoms with E-state index in [-0.39, 0.29) is 17.7 Å². The Morgan fingerprint density at radius 2 is 1.79 bits per heavy atom. The standard InChI is InChI=1S/C21H21N5O2/c27-19(15-7-8-15)23-21-22-18-17(4-3-13-26(18)24-21)14-5-9-16(10-6-14)20(28)25-11-1-2-12-25/h3-6,9-10,13,15H,1-2,7-8,11-12H2,(H,23,24,27). The van der Waals surface area contributed by atoms with Crippen molar-refractivity contribution in [2.24, 2.45) is 5.92 Å². The van der Waals surface area contributed by atoms with E-state index in [0.717, 1.165) is 49.9 Å². The molecule has 0 bridgehead atoms. The molecule has 3 aromatic rings. The molecular formula is C21H21N5O2. The van der Waals surface area contributed by atoms with Gasteiger partial charge in [0.15, 0.2) is 5.65 Å². The minimum Gasteiger partial charge on any atom is -0.339 e. The molecule has 28 heavy (non-hydrogen) atoms. The Morgan fingerprint density at radius 1 is 1.04 bits per heavy atom. The Bertz CT molecular complexity index is 1050. The molecule has 0 atom stereocenters. The lowest BCUT2D eigenvalue weighted by Crippen LogP contribution is -2.27. The lowest BCUT2D eigenvalue weighted by Gasteiger charge is -2.15. The van der Waals surface area contributed by atoms with Gasteiger partial charge in [-0.25, -0.2) is 4.52 Å². The van der Waals surface area contributed by atoms with Gasteiger partial charge in [-0.05, 0) is 55.5 Å². The Labute approximate surface area is 162 Å². The molecule has 3 heterocycles. The zero-order valence-corrected chi connectivity index (χ0v) is 15.5. The summed E-state index contributed by atoms with van der Waals surface area (Å²) in [6.07, 6.45) is 5.85. The highest BCUT2D eigenvalue weighted by Gasteiger charge is 2.30. The van der Waals surface area contributed by atoms with E-state index in [1.54, 1.807) is 4.52 Å². The highest BCUT2D eigenvalue weighted by molar-refractivity contribution is 5.95. The number of hydrogen-bond donors (Lipinski definition) is 1. The van der Waals surface area contributed by atoms with Crippen LogP contribution in [0.4, 0.5) is 5.95 Å². The van der Waals surface area contributed by atoms with Crippen molar-refractivity contribution in [2.75, 3.05) is 18.4 Å². The molecule has 1 aromatic carbocycles. The van der Waals surface area contributed by atoms with Crippen LogP contribution in [-0.4, -0.2) is 44.4 Å². The minimum atomic E-state index is -0.0118. The minimum absolute atomic E-state index is 0.0118. The van der Waals surface area contributed by atoms with Gasteiger partial charge < -0.3 is 4.90 Å². The average Bonchev–Trinajstić information content (AvgIpc) is 3.27. The van der Waals surface area contributed by atoms with Crippen LogP contribution in [-0.2, 0) is 4.79 Å². The van der Waals surface area contributed by atoms with Crippen LogP contribution in [0.2, 0.25) is 0 Å². The van der Waals surface area contributed by atoms with Gasteiger partial charge in [-0.2, -0.15) is 4.98 Å². The SMILES string of the molecule is O=C(Nc1nc2c(-c3ccc(C(=O)N4CCCC4)cc3)cccn2n1)C1CC1. The van der Waals surface area contributed by atoms with E-state index in [4.69, 9.17) is 0 Å². The quantitative estimate of drug-likeness (QED) is 0.760. The first kappa shape index (κ1) is 16.9. The molecule has 2 aromatic heterocycles. The van der Waals surface area contributed by atoms with Crippen molar-refractivity contribution in [1.29, 1.82) is 0 Å². The van der Waals surface area contributed by atoms with Crippen LogP contribution < -0.4 is 5.32 Å². The van der Waals surface area contributed by atoms with Crippen LogP contribution in [0.15, 0.2) is 42.6 Å². The number of pyridine rings is 1. The van der Waals surface area contributed by atoms with Crippen molar-refractivity contribution >= 4 is 23.4 Å². The summed E-state index contributed by atoms with van der Waals surface area (Å²) >= 11 is 0. The molecule has 2 amide bonds. The van der Waals surface area contributed by atoms with E-state index in [1.807, 2.05) is 47.5 Å². The Morgan fingerprint density at radius 3 is 2.50 bits per heavy atom. The van der Waals surface area contributed by atoms with Crippen LogP contribution in [0.1, 0.15) is 36.0 Å². The zero-order chi connectivity index (χ0) is 19.1. The second-order valence-electron chi connectivity index (χ2n) is 7.47. The largest absolute Gasteiger partial charge is 0.339 e. The molecule has 7 nitrogen and oxygen atoms in total. The van der Waals surface area contributed by atoms with Crippen LogP contribution in [0, 0.1) is 5.92 Å². The zero-order valence-electron chi connectivity index (χ0n) is 15.5. The van der Waals surface area contributed by atoms with E-state index in [9.17, 15) is 9.59 Å². The predicted octanol–water partition coefficient (Wildman–Crippen LogP) is 2.98. The molecule has 142 valence electrons. The maximum atomic E-state index is 12.5. The number of carbonyl (C=O) groups is 2. The lowest BCUT2D eigenvalue weighted by molar-refractivity contribution is -0.117. The highest BCUT2D eigenvalue weighted by Crippen LogP contribution is 2.30. The maximum absolute atomic E-state index is 12.5. The fraction of sp³-hybridized carbons (Fsp3) is 0.333. The van der Waals surface area contributed by atoms with Crippen molar-refractivity contribution < 1.29 is 9.59 Å². The van der Waals surface area contributed by atoms with E-state index in [2.05, 4.69) is 15.4 Å². The first-order chi connectivity index (χ1) is 13.7. The summed E-state index contributed by atoms with van der Waals surface area (Å²) in [5.74, 6) is 0.508. The third-order valence-corrected chi connectivity index (χ3v) is 5.38. The summed E-state index contributed by atoms with van der Waals surface area (Å²) in [6.45, 7) is 1.68. The molecule has 1 saturated carbocycles. The fourth-order valence-electron chi connectivity index (χ4n) is 3.64. The smallest absolute Gasteiger partial charge is 0.253 e. The summed E-state index contributed by atoms with van der Waals surface area (Å²) < 4.78 is 1.67. The van der Waals surface area contributed by atoms with Crippen molar-refractivity contribution in [3.63, 3.8) is 0 Å². The number of nitrogens with zero attached hydrogens (tertiary/aromatic N) is 4. The molecule has 0 spiro atoms. The summed E-state index contributed by atoms with van der Waals surface area (Å²) in [5, 5.41) is 7.16. The Balaban J connectivity index is 1.42. The number of likely N-dealkylation sites (tertiary alicyclic amines) is 1. The number of rotatable bonds is 4. The summed E-state index contributed by atoms with van der Waals surface area (Å²) in [4.78, 5) is 30.9. The predicted molar refractivity (Wildman–Crippen MR) is 105 cm³/mol. The van der Waals surface area contributed by atoms with Gasteiger partial charge in [0, 0.05) is 36.3 Å². The normalized spacial score (nSPS) is 16.5. The Kier molecular flexibility index (Phi) is 4.07. The second-order valence-corrected chi connectivity index (χ2v) is 7.47. The van der Waals surface area contributed by atoms with E-state index in [0.29, 0.717) is 17.2 Å². The number of nitrogens with one attached hydrogen (secondary N) is 1. The van der Waals surface area contributed by atoms with Gasteiger partial charge in [0.05, 0.1) is 0 Å². The molecule has 0 unspecified atom stereocenters. The number of anilines is 1. The molecular weight excluding hydrogens is 354 g/mol. The topological polar surface area (TPSA) is 79.6 Å². The number of amides is 2. The third-order valence-electron chi connectivity index (χ3n) is 5.38. The summed E-state index contributed by atoms with van der Waals surface area (Å²) in [7, 11) is 0. The van der Waals surface area contributed by atoms with Gasteiger partial charge in [0.1, 0.15) is 0 Å². The molecule has 1 N–H and O–H groups in total. The molecule has 2 aliphatic rings. The van der Waals surface area contributed by atoms with Gasteiger partial charge in [-0.15, -0.1) is 5.10 Å². The fourth-order valence-corrected chi connectivity index (χ4v) is 3.64. The molecule has 7 heteroatoms. The van der Waals surface area contributed by atoms with Crippen LogP contribution >= 0.6 is 0 Å². The molecule has 1 saturated heterocycles. The van der Waals surface area contributed by atoms with E-state index in [1.165, 1.54) is 0 Å². The molecule has 1 aliphatic heterocycles. The maximum Gasteiger partial charge on any atom is 0.253 e. The third kappa shape index (κ3) is 3.13. The second kappa shape index (κ2) is 6.74. The van der Waals surface area contributed by atoms with E-state index >= 15 is 0 Å². The van der Waals surface area contributed by atoms with Crippen molar-refractivity contribution in [3.05, 3.63) is 48.2 Å². The van der Waals surface area contributed by atoms with Crippen LogP contribution in [0.5, 0.6) is 0 Å². The summed E-state index contributed by atoms with van der Waals surface area (Å²) in [5.41, 5.74) is 3.24.